The average molecular weight is 1210 g/mol. The third-order valence-electron chi connectivity index (χ3n) is 18.8. The first kappa shape index (κ1) is 84.3. The summed E-state index contributed by atoms with van der Waals surface area (Å²) in [5.41, 5.74) is 0. The SMILES string of the molecule is CCCCCC/C=C\C/C=C\CCCCCCCCCC(=O)OCCCCCCCCCCCCCCCCCCCCCCCCCCCCCCCCC(=O)NC(CO)C(O)CCCCCCCCCCCCCCCCCCCCCCC. The largest absolute Gasteiger partial charge is 0.466 e. The number of allylic oxidation sites excluding steroid dienone is 4. The van der Waals surface area contributed by atoms with E-state index in [1.54, 1.807) is 0 Å². The minimum atomic E-state index is -0.662. The van der Waals surface area contributed by atoms with Crippen molar-refractivity contribution >= 4 is 11.9 Å². The second-order valence-corrected chi connectivity index (χ2v) is 27.4. The summed E-state index contributed by atoms with van der Waals surface area (Å²) >= 11 is 0. The summed E-state index contributed by atoms with van der Waals surface area (Å²) in [6, 6.07) is -0.539. The van der Waals surface area contributed by atoms with Crippen LogP contribution in [0.3, 0.4) is 0 Å². The summed E-state index contributed by atoms with van der Waals surface area (Å²) in [6.45, 7) is 4.99. The van der Waals surface area contributed by atoms with E-state index < -0.39 is 12.1 Å². The molecule has 3 N–H and O–H groups in total. The molecule has 1 amide bonds. The molecule has 2 atom stereocenters. The minimum Gasteiger partial charge on any atom is -0.466 e. The Morgan fingerprint density at radius 3 is 0.895 bits per heavy atom. The third-order valence-corrected chi connectivity index (χ3v) is 18.8. The van der Waals surface area contributed by atoms with Crippen LogP contribution >= 0.6 is 0 Å². The van der Waals surface area contributed by atoms with Crippen LogP contribution in [0.4, 0.5) is 0 Å². The van der Waals surface area contributed by atoms with Gasteiger partial charge in [-0.05, 0) is 57.8 Å². The fraction of sp³-hybridized carbons (Fsp3) is 0.925. The maximum Gasteiger partial charge on any atom is 0.305 e. The Labute approximate surface area is 539 Å². The number of carbonyl (C=O) groups is 2. The van der Waals surface area contributed by atoms with Gasteiger partial charge in [0.15, 0.2) is 0 Å². The number of nitrogens with one attached hydrogen (secondary N) is 1. The third kappa shape index (κ3) is 71.4. The van der Waals surface area contributed by atoms with Crippen LogP contribution in [-0.2, 0) is 14.3 Å². The number of aliphatic hydroxyl groups is 2. The van der Waals surface area contributed by atoms with Gasteiger partial charge in [-0.15, -0.1) is 0 Å². The first-order valence-electron chi connectivity index (χ1n) is 39.6. The molecule has 0 aromatic carbocycles. The quantitative estimate of drug-likeness (QED) is 0.0320. The van der Waals surface area contributed by atoms with Crippen molar-refractivity contribution in [2.24, 2.45) is 0 Å². The van der Waals surface area contributed by atoms with Crippen molar-refractivity contribution in [1.82, 2.24) is 5.32 Å². The molecule has 0 saturated heterocycles. The first-order chi connectivity index (χ1) is 42.5. The van der Waals surface area contributed by atoms with Gasteiger partial charge in [0, 0.05) is 12.8 Å². The van der Waals surface area contributed by atoms with Crippen molar-refractivity contribution in [1.29, 1.82) is 0 Å². The van der Waals surface area contributed by atoms with Gasteiger partial charge < -0.3 is 20.3 Å². The molecule has 0 aromatic rings. The Balaban J connectivity index is 3.33. The topological polar surface area (TPSA) is 95.9 Å². The number of aliphatic hydroxyl groups excluding tert-OH is 2. The molecule has 0 aromatic heterocycles. The Bertz CT molecular complexity index is 1350. The Kier molecular flexibility index (Phi) is 74.3. The van der Waals surface area contributed by atoms with Crippen molar-refractivity contribution in [3.63, 3.8) is 0 Å². The van der Waals surface area contributed by atoms with E-state index in [0.717, 1.165) is 51.4 Å². The van der Waals surface area contributed by atoms with Crippen LogP contribution in [0.5, 0.6) is 0 Å². The zero-order valence-electron chi connectivity index (χ0n) is 58.6. The van der Waals surface area contributed by atoms with E-state index in [4.69, 9.17) is 4.74 Å². The number of hydrogen-bond donors (Lipinski definition) is 3. The predicted molar refractivity (Wildman–Crippen MR) is 380 cm³/mol. The smallest absolute Gasteiger partial charge is 0.305 e. The highest BCUT2D eigenvalue weighted by Gasteiger charge is 2.20. The Hall–Kier alpha value is -1.66. The number of esters is 1. The molecular formula is C80H155NO5. The number of carbonyl (C=O) groups excluding carboxylic acids is 2. The van der Waals surface area contributed by atoms with E-state index in [0.29, 0.717) is 25.9 Å². The number of unbranched alkanes of at least 4 members (excludes halogenated alkanes) is 60. The first-order valence-corrected chi connectivity index (χ1v) is 39.6. The summed E-state index contributed by atoms with van der Waals surface area (Å²) in [5, 5.41) is 23.5. The minimum absolute atomic E-state index is 0.0138. The van der Waals surface area contributed by atoms with Crippen LogP contribution in [-0.4, -0.2) is 47.4 Å². The van der Waals surface area contributed by atoms with Crippen LogP contribution in [0.2, 0.25) is 0 Å². The lowest BCUT2D eigenvalue weighted by Crippen LogP contribution is -2.45. The van der Waals surface area contributed by atoms with Gasteiger partial charge in [0.05, 0.1) is 25.4 Å². The maximum absolute atomic E-state index is 12.6. The molecule has 0 aliphatic carbocycles. The van der Waals surface area contributed by atoms with Crippen LogP contribution < -0.4 is 5.32 Å². The molecule has 510 valence electrons. The summed E-state index contributed by atoms with van der Waals surface area (Å²) in [5.74, 6) is -0.0120. The van der Waals surface area contributed by atoms with Gasteiger partial charge in [0.2, 0.25) is 5.91 Å². The van der Waals surface area contributed by atoms with Crippen molar-refractivity contribution in [3.05, 3.63) is 24.3 Å². The second-order valence-electron chi connectivity index (χ2n) is 27.4. The lowest BCUT2D eigenvalue weighted by atomic mass is 10.0. The number of rotatable bonds is 75. The summed E-state index contributed by atoms with van der Waals surface area (Å²) < 4.78 is 5.51. The highest BCUT2D eigenvalue weighted by Crippen LogP contribution is 2.20. The fourth-order valence-electron chi connectivity index (χ4n) is 12.7. The van der Waals surface area contributed by atoms with E-state index in [1.165, 1.54) is 366 Å². The number of hydrogen-bond acceptors (Lipinski definition) is 5. The second kappa shape index (κ2) is 75.8. The lowest BCUT2D eigenvalue weighted by Gasteiger charge is -2.22. The average Bonchev–Trinajstić information content (AvgIpc) is 3.54. The van der Waals surface area contributed by atoms with Gasteiger partial charge in [-0.25, -0.2) is 0 Å². The molecule has 6 heteroatoms. The van der Waals surface area contributed by atoms with Gasteiger partial charge in [-0.3, -0.25) is 9.59 Å². The molecule has 0 aliphatic rings. The van der Waals surface area contributed by atoms with Crippen LogP contribution in [0.25, 0.3) is 0 Å². The van der Waals surface area contributed by atoms with Gasteiger partial charge >= 0.3 is 5.97 Å². The summed E-state index contributed by atoms with van der Waals surface area (Å²) in [6.07, 6.45) is 96.9. The van der Waals surface area contributed by atoms with Gasteiger partial charge in [0.25, 0.3) is 0 Å². The molecular weight excluding hydrogens is 1050 g/mol. The molecule has 0 aliphatic heterocycles. The van der Waals surface area contributed by atoms with Gasteiger partial charge in [0.1, 0.15) is 0 Å². The molecule has 0 rings (SSSR count). The van der Waals surface area contributed by atoms with E-state index in [-0.39, 0.29) is 18.5 Å². The maximum atomic E-state index is 12.6. The molecule has 0 fully saturated rings. The van der Waals surface area contributed by atoms with Crippen molar-refractivity contribution in [2.75, 3.05) is 13.2 Å². The van der Waals surface area contributed by atoms with Crippen LogP contribution in [0.15, 0.2) is 24.3 Å². The number of amides is 1. The molecule has 86 heavy (non-hydrogen) atoms. The van der Waals surface area contributed by atoms with Crippen LogP contribution in [0.1, 0.15) is 450 Å². The molecule has 2 unspecified atom stereocenters. The predicted octanol–water partition coefficient (Wildman–Crippen LogP) is 26.0. The summed E-state index contributed by atoms with van der Waals surface area (Å²) in [4.78, 5) is 24.7. The molecule has 0 radical (unpaired) electrons. The van der Waals surface area contributed by atoms with Crippen LogP contribution in [0, 0.1) is 0 Å². The zero-order chi connectivity index (χ0) is 62.0. The Morgan fingerprint density at radius 1 is 0.326 bits per heavy atom. The monoisotopic (exact) mass is 1210 g/mol. The van der Waals surface area contributed by atoms with Gasteiger partial charge in [-0.1, -0.05) is 404 Å². The van der Waals surface area contributed by atoms with E-state index >= 15 is 0 Å². The number of ether oxygens (including phenoxy) is 1. The van der Waals surface area contributed by atoms with Gasteiger partial charge in [-0.2, -0.15) is 0 Å². The van der Waals surface area contributed by atoms with Crippen molar-refractivity contribution in [3.8, 4) is 0 Å². The molecule has 0 bridgehead atoms. The van der Waals surface area contributed by atoms with Crippen molar-refractivity contribution in [2.45, 2.75) is 463 Å². The van der Waals surface area contributed by atoms with Crippen molar-refractivity contribution < 1.29 is 24.5 Å². The fourth-order valence-corrected chi connectivity index (χ4v) is 12.7. The van der Waals surface area contributed by atoms with E-state index in [2.05, 4.69) is 43.5 Å². The lowest BCUT2D eigenvalue weighted by molar-refractivity contribution is -0.143. The molecule has 6 nitrogen and oxygen atoms in total. The normalized spacial score (nSPS) is 12.6. The zero-order valence-corrected chi connectivity index (χ0v) is 58.6. The standard InChI is InChI=1S/C80H155NO5/c1-3-5-7-9-11-13-15-17-19-21-23-34-37-40-44-48-52-56-60-64-68-72-78(83)77(76-82)81-79(84)73-69-65-61-57-53-49-45-41-38-35-32-30-28-26-24-25-27-29-31-33-36-39-43-47-51-55-59-63-67-71-75-86-80(85)74-70-66-62-58-54-50-46-42-22-20-18-16-14-12-10-8-6-4-2/h14,16,20,22,77-78,82-83H,3-13,15,17-19,21,23-76H2,1-2H3,(H,81,84)/b16-14-,22-20-. The Morgan fingerprint density at radius 2 is 0.581 bits per heavy atom. The highest BCUT2D eigenvalue weighted by atomic mass is 16.5. The molecule has 0 heterocycles. The molecule has 0 spiro atoms. The summed E-state index contributed by atoms with van der Waals surface area (Å²) in [7, 11) is 0. The van der Waals surface area contributed by atoms with E-state index in [1.807, 2.05) is 0 Å². The highest BCUT2D eigenvalue weighted by molar-refractivity contribution is 5.76. The molecule has 0 saturated carbocycles. The van der Waals surface area contributed by atoms with E-state index in [9.17, 15) is 19.8 Å².